The molecule has 0 aliphatic rings. The highest BCUT2D eigenvalue weighted by atomic mass is 79.9. The van der Waals surface area contributed by atoms with Crippen molar-refractivity contribution in [2.24, 2.45) is 0 Å². The zero-order chi connectivity index (χ0) is 13.4. The molecule has 0 fully saturated rings. The average molecular weight is 336 g/mol. The first-order chi connectivity index (χ1) is 9.22. The second-order valence-corrected chi connectivity index (χ2v) is 5.21. The summed E-state index contributed by atoms with van der Waals surface area (Å²) in [7, 11) is 0. The number of halogens is 2. The van der Waals surface area contributed by atoms with Crippen molar-refractivity contribution in [3.8, 4) is 11.4 Å². The molecule has 0 amide bonds. The van der Waals surface area contributed by atoms with Gasteiger partial charge in [0.25, 0.3) is 0 Å². The van der Waals surface area contributed by atoms with E-state index in [4.69, 9.17) is 11.6 Å². The molecule has 3 rings (SSSR count). The first kappa shape index (κ1) is 12.4. The Morgan fingerprint density at radius 3 is 2.68 bits per heavy atom. The number of carbonyl (C=O) groups is 1. The van der Waals surface area contributed by atoms with Gasteiger partial charge in [-0.25, -0.2) is 4.98 Å². The van der Waals surface area contributed by atoms with Crippen LogP contribution in [0.4, 0.5) is 0 Å². The summed E-state index contributed by atoms with van der Waals surface area (Å²) in [4.78, 5) is 15.5. The minimum atomic E-state index is 0.399. The lowest BCUT2D eigenvalue weighted by Gasteiger charge is -2.05. The zero-order valence-corrected chi connectivity index (χ0v) is 12.0. The Hall–Kier alpha value is -1.65. The summed E-state index contributed by atoms with van der Waals surface area (Å²) < 4.78 is 2.69. The number of imidazole rings is 1. The van der Waals surface area contributed by atoms with Gasteiger partial charge in [-0.05, 0) is 40.2 Å². The normalized spacial score (nSPS) is 10.8. The van der Waals surface area contributed by atoms with Gasteiger partial charge in [-0.3, -0.25) is 9.20 Å². The van der Waals surface area contributed by atoms with Crippen LogP contribution < -0.4 is 0 Å². The monoisotopic (exact) mass is 334 g/mol. The molecule has 3 nitrogen and oxygen atoms in total. The van der Waals surface area contributed by atoms with Crippen molar-refractivity contribution in [3.63, 3.8) is 0 Å². The Labute approximate surface area is 123 Å². The third kappa shape index (κ3) is 1.97. The van der Waals surface area contributed by atoms with Crippen LogP contribution in [-0.2, 0) is 0 Å². The minimum absolute atomic E-state index is 0.399. The van der Waals surface area contributed by atoms with Crippen LogP contribution in [-0.4, -0.2) is 15.7 Å². The number of carbonyl (C=O) groups excluding carboxylic acids is 1. The molecule has 0 radical (unpaired) electrons. The fourth-order valence-electron chi connectivity index (χ4n) is 2.03. The number of hydrogen-bond acceptors (Lipinski definition) is 2. The quantitative estimate of drug-likeness (QED) is 0.519. The lowest BCUT2D eigenvalue weighted by molar-refractivity contribution is 0.112. The molecule has 0 atom stereocenters. The first-order valence-corrected chi connectivity index (χ1v) is 6.76. The van der Waals surface area contributed by atoms with Crippen molar-refractivity contribution in [2.75, 3.05) is 0 Å². The Balaban J connectivity index is 2.42. The van der Waals surface area contributed by atoms with Crippen LogP contribution in [0.15, 0.2) is 47.1 Å². The van der Waals surface area contributed by atoms with Crippen molar-refractivity contribution < 1.29 is 4.79 Å². The van der Waals surface area contributed by atoms with E-state index in [1.54, 1.807) is 6.07 Å². The standard InChI is InChI=1S/C14H8BrClN2O/c15-13-7-3-6-12-11(8-19)17-14(18(12)13)9-4-1-2-5-10(9)16/h1-8H. The number of pyridine rings is 1. The molecule has 0 bridgehead atoms. The predicted molar refractivity (Wildman–Crippen MR) is 78.7 cm³/mol. The lowest BCUT2D eigenvalue weighted by atomic mass is 10.2. The number of benzene rings is 1. The molecule has 0 aliphatic carbocycles. The molecular weight excluding hydrogens is 328 g/mol. The molecule has 1 aromatic carbocycles. The fourth-order valence-corrected chi connectivity index (χ4v) is 2.76. The van der Waals surface area contributed by atoms with Gasteiger partial charge in [-0.15, -0.1) is 0 Å². The van der Waals surface area contributed by atoms with Crippen LogP contribution in [0.25, 0.3) is 16.9 Å². The van der Waals surface area contributed by atoms with Crippen molar-refractivity contribution in [3.05, 3.63) is 57.8 Å². The van der Waals surface area contributed by atoms with Gasteiger partial charge in [0.05, 0.1) is 15.1 Å². The topological polar surface area (TPSA) is 34.4 Å². The summed E-state index contributed by atoms with van der Waals surface area (Å²) in [5.74, 6) is 0.648. The summed E-state index contributed by atoms with van der Waals surface area (Å²) in [5.41, 5.74) is 1.94. The molecule has 3 aromatic rings. The Kier molecular flexibility index (Phi) is 3.12. The van der Waals surface area contributed by atoms with E-state index in [1.165, 1.54) is 0 Å². The average Bonchev–Trinajstić information content (AvgIpc) is 2.79. The van der Waals surface area contributed by atoms with Gasteiger partial charge in [0.15, 0.2) is 6.29 Å². The summed E-state index contributed by atoms with van der Waals surface area (Å²) in [6, 6.07) is 13.0. The van der Waals surface area contributed by atoms with E-state index >= 15 is 0 Å². The fraction of sp³-hybridized carbons (Fsp3) is 0. The van der Waals surface area contributed by atoms with Crippen LogP contribution in [0.1, 0.15) is 10.5 Å². The Bertz CT molecular complexity index is 782. The van der Waals surface area contributed by atoms with Gasteiger partial charge in [0, 0.05) is 5.56 Å². The van der Waals surface area contributed by atoms with E-state index < -0.39 is 0 Å². The molecule has 0 saturated carbocycles. The van der Waals surface area contributed by atoms with Crippen LogP contribution in [0, 0.1) is 0 Å². The second kappa shape index (κ2) is 4.79. The van der Waals surface area contributed by atoms with Gasteiger partial charge >= 0.3 is 0 Å². The largest absolute Gasteiger partial charge is 0.296 e. The number of aromatic nitrogens is 2. The highest BCUT2D eigenvalue weighted by molar-refractivity contribution is 9.10. The molecule has 0 unspecified atom stereocenters. The maximum absolute atomic E-state index is 11.1. The molecule has 5 heteroatoms. The van der Waals surface area contributed by atoms with Gasteiger partial charge in [0.2, 0.25) is 0 Å². The number of fused-ring (bicyclic) bond motifs is 1. The van der Waals surface area contributed by atoms with E-state index in [9.17, 15) is 4.79 Å². The molecular formula is C14H8BrClN2O. The molecule has 0 N–H and O–H groups in total. The first-order valence-electron chi connectivity index (χ1n) is 5.59. The van der Waals surface area contributed by atoms with Gasteiger partial charge in [-0.1, -0.05) is 29.8 Å². The Morgan fingerprint density at radius 2 is 1.95 bits per heavy atom. The third-order valence-electron chi connectivity index (χ3n) is 2.87. The number of rotatable bonds is 2. The van der Waals surface area contributed by atoms with E-state index in [0.717, 1.165) is 22.0 Å². The second-order valence-electron chi connectivity index (χ2n) is 3.99. The molecule has 2 aromatic heterocycles. The maximum Gasteiger partial charge on any atom is 0.170 e. The van der Waals surface area contributed by atoms with E-state index in [-0.39, 0.29) is 0 Å². The summed E-state index contributed by atoms with van der Waals surface area (Å²) in [6.45, 7) is 0. The van der Waals surface area contributed by atoms with Crippen molar-refractivity contribution in [1.82, 2.24) is 9.38 Å². The van der Waals surface area contributed by atoms with Crippen LogP contribution >= 0.6 is 27.5 Å². The number of nitrogens with zero attached hydrogens (tertiary/aromatic N) is 2. The van der Waals surface area contributed by atoms with Crippen LogP contribution in [0.5, 0.6) is 0 Å². The van der Waals surface area contributed by atoms with Crippen LogP contribution in [0.3, 0.4) is 0 Å². The van der Waals surface area contributed by atoms with E-state index in [1.807, 2.05) is 40.8 Å². The smallest absolute Gasteiger partial charge is 0.170 e. The number of aldehydes is 1. The molecule has 94 valence electrons. The van der Waals surface area contributed by atoms with Crippen molar-refractivity contribution >= 4 is 39.3 Å². The summed E-state index contributed by atoms with van der Waals surface area (Å²) in [6.07, 6.45) is 0.752. The lowest BCUT2D eigenvalue weighted by Crippen LogP contribution is -1.91. The maximum atomic E-state index is 11.1. The van der Waals surface area contributed by atoms with Crippen LogP contribution in [0.2, 0.25) is 5.02 Å². The van der Waals surface area contributed by atoms with Crippen molar-refractivity contribution in [2.45, 2.75) is 0 Å². The van der Waals surface area contributed by atoms with Gasteiger partial charge < -0.3 is 0 Å². The molecule has 0 saturated heterocycles. The molecule has 0 spiro atoms. The molecule has 19 heavy (non-hydrogen) atoms. The van der Waals surface area contributed by atoms with Crippen molar-refractivity contribution in [1.29, 1.82) is 0 Å². The zero-order valence-electron chi connectivity index (χ0n) is 9.68. The summed E-state index contributed by atoms with van der Waals surface area (Å²) in [5, 5.41) is 0.600. The highest BCUT2D eigenvalue weighted by Gasteiger charge is 2.15. The number of hydrogen-bond donors (Lipinski definition) is 0. The SMILES string of the molecule is O=Cc1nc(-c2ccccc2Cl)n2c(Br)cccc12. The minimum Gasteiger partial charge on any atom is -0.296 e. The highest BCUT2D eigenvalue weighted by Crippen LogP contribution is 2.30. The molecule has 0 aliphatic heterocycles. The van der Waals surface area contributed by atoms with Gasteiger partial charge in [0.1, 0.15) is 11.5 Å². The predicted octanol–water partition coefficient (Wildman–Crippen LogP) is 4.23. The van der Waals surface area contributed by atoms with E-state index in [0.29, 0.717) is 16.5 Å². The van der Waals surface area contributed by atoms with E-state index in [2.05, 4.69) is 20.9 Å². The third-order valence-corrected chi connectivity index (χ3v) is 3.82. The Morgan fingerprint density at radius 1 is 1.16 bits per heavy atom. The molecule has 2 heterocycles. The summed E-state index contributed by atoms with van der Waals surface area (Å²) >= 11 is 9.68. The van der Waals surface area contributed by atoms with Gasteiger partial charge in [-0.2, -0.15) is 0 Å².